The molecule has 0 bridgehead atoms. The van der Waals surface area contributed by atoms with Crippen molar-refractivity contribution in [3.63, 3.8) is 0 Å². The smallest absolute Gasteiger partial charge is 0.342 e. The molecule has 162 valence electrons. The Kier molecular flexibility index (Phi) is 7.62. The fraction of sp³-hybridized carbons (Fsp3) is 0.455. The largest absolute Gasteiger partial charge is 0.467 e. The van der Waals surface area contributed by atoms with Gasteiger partial charge in [0.05, 0.1) is 6.10 Å². The van der Waals surface area contributed by atoms with Crippen LogP contribution in [0, 0.1) is 0 Å². The highest BCUT2D eigenvalue weighted by atomic mass is 16.7. The van der Waals surface area contributed by atoms with E-state index in [0.29, 0.717) is 17.7 Å². The maximum absolute atomic E-state index is 13.0. The Morgan fingerprint density at radius 3 is 2.60 bits per heavy atom. The van der Waals surface area contributed by atoms with Crippen LogP contribution in [-0.4, -0.2) is 57.9 Å². The summed E-state index contributed by atoms with van der Waals surface area (Å²) < 4.78 is 32.2. The summed E-state index contributed by atoms with van der Waals surface area (Å²) in [5.41, 5.74) is 0.606. The Morgan fingerprint density at radius 1 is 1.07 bits per heavy atom. The van der Waals surface area contributed by atoms with Crippen LogP contribution in [0.15, 0.2) is 36.4 Å². The number of hydrogen-bond acceptors (Lipinski definition) is 8. The number of esters is 1. The van der Waals surface area contributed by atoms with Crippen LogP contribution in [0.1, 0.15) is 29.3 Å². The first-order valence-corrected chi connectivity index (χ1v) is 9.66. The van der Waals surface area contributed by atoms with Crippen LogP contribution in [0.25, 0.3) is 0 Å². The van der Waals surface area contributed by atoms with Gasteiger partial charge in [0.25, 0.3) is 0 Å². The normalized spacial score (nSPS) is 25.9. The molecule has 3 rings (SSSR count). The van der Waals surface area contributed by atoms with Gasteiger partial charge in [-0.3, -0.25) is 4.79 Å². The molecule has 1 aromatic rings. The van der Waals surface area contributed by atoms with Crippen molar-refractivity contribution in [3.05, 3.63) is 47.6 Å². The van der Waals surface area contributed by atoms with Gasteiger partial charge in [0.15, 0.2) is 19.4 Å². The Morgan fingerprint density at radius 2 is 1.83 bits per heavy atom. The highest BCUT2D eigenvalue weighted by molar-refractivity contribution is 5.98. The van der Waals surface area contributed by atoms with E-state index in [1.807, 2.05) is 13.0 Å². The number of carbonyl (C=O) groups excluding carboxylic acids is 2. The van der Waals surface area contributed by atoms with Gasteiger partial charge in [0.1, 0.15) is 29.3 Å². The Balaban J connectivity index is 1.99. The molecule has 3 atom stereocenters. The van der Waals surface area contributed by atoms with E-state index in [4.69, 9.17) is 28.4 Å². The van der Waals surface area contributed by atoms with Gasteiger partial charge in [-0.2, -0.15) is 0 Å². The van der Waals surface area contributed by atoms with Crippen molar-refractivity contribution in [2.75, 3.05) is 27.8 Å². The van der Waals surface area contributed by atoms with Gasteiger partial charge in [-0.15, -0.1) is 0 Å². The number of rotatable bonds is 6. The Bertz CT molecular complexity index is 829. The van der Waals surface area contributed by atoms with Crippen LogP contribution < -0.4 is 9.47 Å². The van der Waals surface area contributed by atoms with Crippen LogP contribution in [0.5, 0.6) is 11.5 Å². The first-order chi connectivity index (χ1) is 14.5. The van der Waals surface area contributed by atoms with E-state index in [2.05, 4.69) is 0 Å². The maximum Gasteiger partial charge on any atom is 0.342 e. The van der Waals surface area contributed by atoms with Gasteiger partial charge in [-0.1, -0.05) is 18.2 Å². The van der Waals surface area contributed by atoms with Crippen molar-refractivity contribution in [2.24, 2.45) is 0 Å². The molecule has 0 saturated carbocycles. The molecule has 2 heterocycles. The SMILES string of the molecule is COCOc1cc2c(c(OCOC)c1)C(=O)O[C@H](C)C[C@@H]1O[C@@H]1/C=C\C=C\C(=O)C2. The fourth-order valence-electron chi connectivity index (χ4n) is 3.18. The Labute approximate surface area is 175 Å². The standard InChI is InChI=1S/C22H26O8/c1-14-8-19-18(30-19)7-5-4-6-16(23)9-15-10-17(27-12-25-2)11-20(28-13-26-3)21(15)22(24)29-14/h4-7,10-11,14,18-19H,8-9,12-13H2,1-3H3/b6-4+,7-5-/t14-,18-,19+/m1/s1. The van der Waals surface area contributed by atoms with Gasteiger partial charge in [0, 0.05) is 33.1 Å². The van der Waals surface area contributed by atoms with Crippen molar-refractivity contribution in [2.45, 2.75) is 38.1 Å². The second-order valence-corrected chi connectivity index (χ2v) is 7.04. The number of epoxide rings is 1. The first-order valence-electron chi connectivity index (χ1n) is 9.66. The molecule has 8 nitrogen and oxygen atoms in total. The van der Waals surface area contributed by atoms with E-state index in [1.165, 1.54) is 20.3 Å². The number of allylic oxidation sites excluding steroid dienone is 3. The Hall–Kier alpha value is -2.68. The predicted octanol–water partition coefficient (Wildman–Crippen LogP) is 2.59. The van der Waals surface area contributed by atoms with Crippen LogP contribution in [-0.2, 0) is 30.2 Å². The van der Waals surface area contributed by atoms with Crippen LogP contribution in [0.2, 0.25) is 0 Å². The van der Waals surface area contributed by atoms with E-state index < -0.39 is 5.97 Å². The van der Waals surface area contributed by atoms with E-state index >= 15 is 0 Å². The number of methoxy groups -OCH3 is 2. The number of carbonyl (C=O) groups is 2. The average Bonchev–Trinajstić information content (AvgIpc) is 3.44. The summed E-state index contributed by atoms with van der Waals surface area (Å²) in [6.07, 6.45) is 6.93. The molecule has 0 spiro atoms. The minimum absolute atomic E-state index is 0.00514. The minimum Gasteiger partial charge on any atom is -0.467 e. The highest BCUT2D eigenvalue weighted by Crippen LogP contribution is 2.33. The van der Waals surface area contributed by atoms with E-state index in [9.17, 15) is 9.59 Å². The number of benzene rings is 1. The van der Waals surface area contributed by atoms with E-state index in [1.54, 1.807) is 24.3 Å². The minimum atomic E-state index is -0.580. The summed E-state index contributed by atoms with van der Waals surface area (Å²) in [5, 5.41) is 0. The topological polar surface area (TPSA) is 92.8 Å². The highest BCUT2D eigenvalue weighted by Gasteiger charge is 2.38. The first kappa shape index (κ1) is 22.0. The number of fused-ring (bicyclic) bond motifs is 2. The zero-order chi connectivity index (χ0) is 21.5. The van der Waals surface area contributed by atoms with Crippen molar-refractivity contribution in [1.29, 1.82) is 0 Å². The summed E-state index contributed by atoms with van der Waals surface area (Å²) in [6, 6.07) is 3.17. The molecule has 0 aromatic heterocycles. The summed E-state index contributed by atoms with van der Waals surface area (Å²) in [4.78, 5) is 25.5. The lowest BCUT2D eigenvalue weighted by Gasteiger charge is -2.18. The molecule has 1 saturated heterocycles. The number of ether oxygens (including phenoxy) is 6. The molecule has 2 aliphatic heterocycles. The van der Waals surface area contributed by atoms with Crippen LogP contribution >= 0.6 is 0 Å². The molecule has 0 unspecified atom stereocenters. The molecule has 1 fully saturated rings. The van der Waals surface area contributed by atoms with Gasteiger partial charge in [-0.25, -0.2) is 4.79 Å². The molecular formula is C22H26O8. The predicted molar refractivity (Wildman–Crippen MR) is 107 cm³/mol. The van der Waals surface area contributed by atoms with Crippen molar-refractivity contribution < 1.29 is 38.0 Å². The molecule has 8 heteroatoms. The monoisotopic (exact) mass is 418 g/mol. The number of hydrogen-bond donors (Lipinski definition) is 0. The maximum atomic E-state index is 13.0. The van der Waals surface area contributed by atoms with Crippen molar-refractivity contribution in [3.8, 4) is 11.5 Å². The summed E-state index contributed by atoms with van der Waals surface area (Å²) in [5.74, 6) is -0.159. The van der Waals surface area contributed by atoms with E-state index in [-0.39, 0.29) is 55.4 Å². The number of cyclic esters (lactones) is 1. The lowest BCUT2D eigenvalue weighted by atomic mass is 10.00. The van der Waals surface area contributed by atoms with Crippen molar-refractivity contribution >= 4 is 11.8 Å². The molecule has 0 N–H and O–H groups in total. The van der Waals surface area contributed by atoms with Gasteiger partial charge >= 0.3 is 5.97 Å². The molecule has 0 amide bonds. The third kappa shape index (κ3) is 5.91. The summed E-state index contributed by atoms with van der Waals surface area (Å²) >= 11 is 0. The number of ketones is 1. The van der Waals surface area contributed by atoms with Gasteiger partial charge in [-0.05, 0) is 24.6 Å². The summed E-state index contributed by atoms with van der Waals surface area (Å²) in [6.45, 7) is 1.73. The zero-order valence-electron chi connectivity index (χ0n) is 17.3. The third-order valence-corrected chi connectivity index (χ3v) is 4.59. The lowest BCUT2D eigenvalue weighted by molar-refractivity contribution is -0.114. The molecule has 30 heavy (non-hydrogen) atoms. The average molecular weight is 418 g/mol. The molecule has 2 aliphatic rings. The van der Waals surface area contributed by atoms with Crippen LogP contribution in [0.4, 0.5) is 0 Å². The van der Waals surface area contributed by atoms with Gasteiger partial charge in [0.2, 0.25) is 0 Å². The fourth-order valence-corrected chi connectivity index (χ4v) is 3.18. The second-order valence-electron chi connectivity index (χ2n) is 7.04. The molecular weight excluding hydrogens is 392 g/mol. The molecule has 1 aromatic carbocycles. The third-order valence-electron chi connectivity index (χ3n) is 4.59. The second kappa shape index (κ2) is 10.4. The van der Waals surface area contributed by atoms with Gasteiger partial charge < -0.3 is 28.4 Å². The zero-order valence-corrected chi connectivity index (χ0v) is 17.3. The summed E-state index contributed by atoms with van der Waals surface area (Å²) in [7, 11) is 2.97. The van der Waals surface area contributed by atoms with Crippen LogP contribution in [0.3, 0.4) is 0 Å². The van der Waals surface area contributed by atoms with Crippen molar-refractivity contribution in [1.82, 2.24) is 0 Å². The van der Waals surface area contributed by atoms with E-state index in [0.717, 1.165) is 0 Å². The molecule has 0 radical (unpaired) electrons. The molecule has 0 aliphatic carbocycles. The lowest BCUT2D eigenvalue weighted by Crippen LogP contribution is -2.20. The quantitative estimate of drug-likeness (QED) is 0.395.